The molecule has 0 aromatic rings. The Balaban J connectivity index is 2.53. The Bertz CT molecular complexity index is 197. The summed E-state index contributed by atoms with van der Waals surface area (Å²) in [6.45, 7) is 3.27. The molecule has 0 aromatic carbocycles. The summed E-state index contributed by atoms with van der Waals surface area (Å²) in [6, 6.07) is -0.510. The zero-order chi connectivity index (χ0) is 10.0. The molecule has 13 heavy (non-hydrogen) atoms. The van der Waals surface area contributed by atoms with Crippen LogP contribution in [0.4, 0.5) is 0 Å². The minimum atomic E-state index is -0.951. The SMILES string of the molecule is CC(=O)N[C@@H]1CO[C@H](C)[C@H](O)[C@@H]1O. The van der Waals surface area contributed by atoms with Gasteiger partial charge in [0.1, 0.15) is 12.2 Å². The summed E-state index contributed by atoms with van der Waals surface area (Å²) in [5.41, 5.74) is 0. The van der Waals surface area contributed by atoms with E-state index in [0.29, 0.717) is 0 Å². The molecule has 1 rings (SSSR count). The van der Waals surface area contributed by atoms with Crippen LogP contribution < -0.4 is 5.32 Å². The van der Waals surface area contributed by atoms with E-state index in [0.717, 1.165) is 0 Å². The van der Waals surface area contributed by atoms with Crippen LogP contribution in [-0.4, -0.2) is 47.1 Å². The van der Waals surface area contributed by atoms with Crippen molar-refractivity contribution in [3.05, 3.63) is 0 Å². The highest BCUT2D eigenvalue weighted by molar-refractivity contribution is 5.73. The van der Waals surface area contributed by atoms with Crippen molar-refractivity contribution in [3.63, 3.8) is 0 Å². The number of ether oxygens (including phenoxy) is 1. The quantitative estimate of drug-likeness (QED) is 0.475. The first-order valence-electron chi connectivity index (χ1n) is 4.27. The van der Waals surface area contributed by atoms with Crippen molar-refractivity contribution in [2.24, 2.45) is 0 Å². The maximum Gasteiger partial charge on any atom is 0.217 e. The van der Waals surface area contributed by atoms with Gasteiger partial charge in [0.25, 0.3) is 0 Å². The first-order valence-corrected chi connectivity index (χ1v) is 4.27. The van der Waals surface area contributed by atoms with Crippen molar-refractivity contribution in [2.75, 3.05) is 6.61 Å². The number of aliphatic hydroxyl groups excluding tert-OH is 2. The van der Waals surface area contributed by atoms with Crippen LogP contribution in [-0.2, 0) is 9.53 Å². The summed E-state index contributed by atoms with van der Waals surface area (Å²) in [6.07, 6.45) is -2.28. The molecule has 3 N–H and O–H groups in total. The Morgan fingerprint density at radius 3 is 2.62 bits per heavy atom. The van der Waals surface area contributed by atoms with E-state index < -0.39 is 18.2 Å². The largest absolute Gasteiger partial charge is 0.388 e. The summed E-state index contributed by atoms with van der Waals surface area (Å²) in [4.78, 5) is 10.7. The lowest BCUT2D eigenvalue weighted by atomic mass is 9.99. The second-order valence-corrected chi connectivity index (χ2v) is 3.33. The lowest BCUT2D eigenvalue weighted by molar-refractivity contribution is -0.149. The van der Waals surface area contributed by atoms with Gasteiger partial charge in [0.05, 0.1) is 18.8 Å². The highest BCUT2D eigenvalue weighted by Gasteiger charge is 2.36. The number of hydrogen-bond acceptors (Lipinski definition) is 4. The lowest BCUT2D eigenvalue weighted by Crippen LogP contribution is -2.58. The highest BCUT2D eigenvalue weighted by Crippen LogP contribution is 2.14. The molecule has 5 nitrogen and oxygen atoms in total. The minimum absolute atomic E-state index is 0.235. The molecule has 1 amide bonds. The molecule has 0 bridgehead atoms. The molecule has 1 fully saturated rings. The molecule has 76 valence electrons. The van der Waals surface area contributed by atoms with E-state index in [-0.39, 0.29) is 18.6 Å². The molecule has 0 aromatic heterocycles. The molecule has 1 heterocycles. The van der Waals surface area contributed by atoms with Gasteiger partial charge >= 0.3 is 0 Å². The van der Waals surface area contributed by atoms with Crippen LogP contribution in [0.5, 0.6) is 0 Å². The number of nitrogens with one attached hydrogen (secondary N) is 1. The van der Waals surface area contributed by atoms with Crippen LogP contribution in [0.1, 0.15) is 13.8 Å². The Kier molecular flexibility index (Phi) is 3.24. The van der Waals surface area contributed by atoms with Crippen LogP contribution in [0.25, 0.3) is 0 Å². The van der Waals surface area contributed by atoms with Crippen LogP contribution in [0.2, 0.25) is 0 Å². The van der Waals surface area contributed by atoms with Crippen molar-refractivity contribution in [1.29, 1.82) is 0 Å². The average Bonchev–Trinajstić information content (AvgIpc) is 2.06. The van der Waals surface area contributed by atoms with Gasteiger partial charge in [0.2, 0.25) is 5.91 Å². The maximum absolute atomic E-state index is 10.7. The molecule has 5 heteroatoms. The third-order valence-corrected chi connectivity index (χ3v) is 2.17. The number of rotatable bonds is 1. The Morgan fingerprint density at radius 2 is 2.08 bits per heavy atom. The van der Waals surface area contributed by atoms with E-state index in [9.17, 15) is 15.0 Å². The summed E-state index contributed by atoms with van der Waals surface area (Å²) in [5, 5.41) is 21.4. The molecule has 0 spiro atoms. The van der Waals surface area contributed by atoms with Crippen LogP contribution in [0, 0.1) is 0 Å². The van der Waals surface area contributed by atoms with Gasteiger partial charge in [-0.3, -0.25) is 4.79 Å². The summed E-state index contributed by atoms with van der Waals surface area (Å²) >= 11 is 0. The molecule has 4 atom stereocenters. The van der Waals surface area contributed by atoms with E-state index in [4.69, 9.17) is 4.74 Å². The van der Waals surface area contributed by atoms with E-state index >= 15 is 0 Å². The predicted molar refractivity (Wildman–Crippen MR) is 45.0 cm³/mol. The first-order chi connectivity index (χ1) is 6.02. The second kappa shape index (κ2) is 4.04. The fourth-order valence-electron chi connectivity index (χ4n) is 1.36. The molecule has 1 saturated heterocycles. The van der Waals surface area contributed by atoms with Gasteiger partial charge in [0.15, 0.2) is 0 Å². The monoisotopic (exact) mass is 189 g/mol. The third-order valence-electron chi connectivity index (χ3n) is 2.17. The van der Waals surface area contributed by atoms with Gasteiger partial charge in [-0.25, -0.2) is 0 Å². The van der Waals surface area contributed by atoms with Crippen LogP contribution in [0.15, 0.2) is 0 Å². The number of amides is 1. The lowest BCUT2D eigenvalue weighted by Gasteiger charge is -2.36. The molecular formula is C8H15NO4. The van der Waals surface area contributed by atoms with Crippen molar-refractivity contribution in [2.45, 2.75) is 38.2 Å². The fourth-order valence-corrected chi connectivity index (χ4v) is 1.36. The number of aliphatic hydroxyl groups is 2. The normalized spacial score (nSPS) is 40.0. The van der Waals surface area contributed by atoms with Crippen molar-refractivity contribution < 1.29 is 19.7 Å². The van der Waals surface area contributed by atoms with E-state index in [2.05, 4.69) is 5.32 Å². The van der Waals surface area contributed by atoms with Crippen LogP contribution in [0.3, 0.4) is 0 Å². The zero-order valence-corrected chi connectivity index (χ0v) is 7.73. The summed E-state index contributed by atoms with van der Waals surface area (Å²) in [7, 11) is 0. The number of carbonyl (C=O) groups is 1. The van der Waals surface area contributed by atoms with Gasteiger partial charge in [-0.1, -0.05) is 0 Å². The topological polar surface area (TPSA) is 78.8 Å². The van der Waals surface area contributed by atoms with Gasteiger partial charge < -0.3 is 20.3 Å². The van der Waals surface area contributed by atoms with E-state index in [1.807, 2.05) is 0 Å². The fraction of sp³-hybridized carbons (Fsp3) is 0.875. The van der Waals surface area contributed by atoms with E-state index in [1.54, 1.807) is 6.92 Å². The predicted octanol–water partition coefficient (Wildman–Crippen LogP) is -1.37. The summed E-state index contributed by atoms with van der Waals surface area (Å²) < 4.78 is 5.15. The number of hydrogen-bond donors (Lipinski definition) is 3. The minimum Gasteiger partial charge on any atom is -0.388 e. The van der Waals surface area contributed by atoms with Crippen molar-refractivity contribution in [3.8, 4) is 0 Å². The molecule has 0 unspecified atom stereocenters. The van der Waals surface area contributed by atoms with Crippen LogP contribution >= 0.6 is 0 Å². The Hall–Kier alpha value is -0.650. The second-order valence-electron chi connectivity index (χ2n) is 3.33. The maximum atomic E-state index is 10.7. The Labute approximate surface area is 76.7 Å². The molecule has 0 saturated carbocycles. The molecule has 1 aliphatic rings. The number of carbonyl (C=O) groups excluding carboxylic acids is 1. The molecule has 0 radical (unpaired) electrons. The summed E-state index contributed by atoms with van der Waals surface area (Å²) in [5.74, 6) is -0.241. The smallest absolute Gasteiger partial charge is 0.217 e. The Morgan fingerprint density at radius 1 is 1.46 bits per heavy atom. The highest BCUT2D eigenvalue weighted by atomic mass is 16.5. The zero-order valence-electron chi connectivity index (χ0n) is 7.73. The molecule has 0 aliphatic carbocycles. The average molecular weight is 189 g/mol. The van der Waals surface area contributed by atoms with Gasteiger partial charge in [-0.15, -0.1) is 0 Å². The third kappa shape index (κ3) is 2.40. The van der Waals surface area contributed by atoms with E-state index in [1.165, 1.54) is 6.92 Å². The van der Waals surface area contributed by atoms with Gasteiger partial charge in [-0.2, -0.15) is 0 Å². The van der Waals surface area contributed by atoms with Crippen molar-refractivity contribution >= 4 is 5.91 Å². The molecule has 1 aliphatic heterocycles. The van der Waals surface area contributed by atoms with Gasteiger partial charge in [0, 0.05) is 6.92 Å². The van der Waals surface area contributed by atoms with Crippen molar-refractivity contribution in [1.82, 2.24) is 5.32 Å². The molecular weight excluding hydrogens is 174 g/mol. The van der Waals surface area contributed by atoms with Gasteiger partial charge in [-0.05, 0) is 6.92 Å². The first kappa shape index (κ1) is 10.4. The standard InChI is InChI=1S/C8H15NO4/c1-4-7(11)8(12)6(3-13-4)9-5(2)10/h4,6-8,11-12H,3H2,1-2H3,(H,9,10)/t4-,6-,7+,8-/m1/s1.